The zero-order valence-electron chi connectivity index (χ0n) is 15.7. The van der Waals surface area contributed by atoms with Gasteiger partial charge in [0.1, 0.15) is 0 Å². The Hall–Kier alpha value is -1.64. The minimum Gasteiger partial charge on any atom is -0.314 e. The molecule has 2 aromatic rings. The minimum absolute atomic E-state index is 0.168. The van der Waals surface area contributed by atoms with E-state index in [-0.39, 0.29) is 5.41 Å². The van der Waals surface area contributed by atoms with Crippen LogP contribution in [0.1, 0.15) is 37.3 Å². The zero-order chi connectivity index (χ0) is 17.5. The summed E-state index contributed by atoms with van der Waals surface area (Å²) in [5.74, 6) is 0. The molecule has 0 aliphatic carbocycles. The fourth-order valence-corrected chi connectivity index (χ4v) is 3.99. The lowest BCUT2D eigenvalue weighted by Crippen LogP contribution is -2.42. The van der Waals surface area contributed by atoms with Crippen molar-refractivity contribution in [2.75, 3.05) is 26.7 Å². The van der Waals surface area contributed by atoms with E-state index in [1.807, 2.05) is 0 Å². The normalized spacial score (nSPS) is 18.8. The average Bonchev–Trinajstić information content (AvgIpc) is 2.65. The van der Waals surface area contributed by atoms with Gasteiger partial charge >= 0.3 is 0 Å². The molecule has 134 valence electrons. The summed E-state index contributed by atoms with van der Waals surface area (Å²) in [7, 11) is 2.22. The summed E-state index contributed by atoms with van der Waals surface area (Å²) in [6.45, 7) is 5.95. The van der Waals surface area contributed by atoms with E-state index in [1.54, 1.807) is 0 Å². The van der Waals surface area contributed by atoms with E-state index in [4.69, 9.17) is 0 Å². The van der Waals surface area contributed by atoms with Crippen molar-refractivity contribution in [3.63, 3.8) is 0 Å². The molecule has 1 N–H and O–H groups in total. The SMILES string of the molecule is CN1CCC(NCCC(C)(Cc2ccccc2)c2ccccc2)CC1. The van der Waals surface area contributed by atoms with Gasteiger partial charge in [-0.25, -0.2) is 0 Å². The molecule has 1 unspecified atom stereocenters. The number of rotatable bonds is 7. The number of benzene rings is 2. The highest BCUT2D eigenvalue weighted by Gasteiger charge is 2.27. The van der Waals surface area contributed by atoms with Gasteiger partial charge in [0.15, 0.2) is 0 Å². The lowest BCUT2D eigenvalue weighted by atomic mass is 9.74. The number of hydrogen-bond donors (Lipinski definition) is 1. The van der Waals surface area contributed by atoms with E-state index in [0.717, 1.165) is 19.4 Å². The molecule has 1 aliphatic rings. The highest BCUT2D eigenvalue weighted by atomic mass is 15.1. The summed E-state index contributed by atoms with van der Waals surface area (Å²) in [6.07, 6.45) is 4.81. The molecule has 0 aromatic heterocycles. The molecule has 0 amide bonds. The van der Waals surface area contributed by atoms with Crippen LogP contribution in [0.4, 0.5) is 0 Å². The number of likely N-dealkylation sites (tertiary alicyclic amines) is 1. The molecule has 25 heavy (non-hydrogen) atoms. The van der Waals surface area contributed by atoms with Gasteiger partial charge in [0, 0.05) is 6.04 Å². The fourth-order valence-electron chi connectivity index (χ4n) is 3.99. The maximum atomic E-state index is 3.83. The van der Waals surface area contributed by atoms with Gasteiger partial charge in [-0.1, -0.05) is 67.6 Å². The number of hydrogen-bond acceptors (Lipinski definition) is 2. The number of piperidine rings is 1. The molecule has 2 aromatic carbocycles. The maximum Gasteiger partial charge on any atom is 0.00914 e. The van der Waals surface area contributed by atoms with Crippen LogP contribution < -0.4 is 5.32 Å². The quantitative estimate of drug-likeness (QED) is 0.813. The van der Waals surface area contributed by atoms with Crippen molar-refractivity contribution in [1.82, 2.24) is 10.2 Å². The van der Waals surface area contributed by atoms with Crippen LogP contribution in [-0.2, 0) is 11.8 Å². The van der Waals surface area contributed by atoms with Gasteiger partial charge in [0.05, 0.1) is 0 Å². The summed E-state index contributed by atoms with van der Waals surface area (Å²) in [5, 5.41) is 3.83. The van der Waals surface area contributed by atoms with E-state index < -0.39 is 0 Å². The Morgan fingerprint density at radius 1 is 0.960 bits per heavy atom. The molecule has 1 aliphatic heterocycles. The Balaban J connectivity index is 1.64. The van der Waals surface area contributed by atoms with Crippen LogP contribution in [0.15, 0.2) is 60.7 Å². The standard InChI is InChI=1S/C23H32N2/c1-23(21-11-7-4-8-12-21,19-20-9-5-3-6-10-20)15-16-24-22-13-17-25(2)18-14-22/h3-12,22,24H,13-19H2,1-2H3. The number of nitrogens with zero attached hydrogens (tertiary/aromatic N) is 1. The first-order valence-corrected chi connectivity index (χ1v) is 9.67. The summed E-state index contributed by atoms with van der Waals surface area (Å²) >= 11 is 0. The van der Waals surface area contributed by atoms with Crippen molar-refractivity contribution in [1.29, 1.82) is 0 Å². The number of nitrogens with one attached hydrogen (secondary N) is 1. The molecule has 0 spiro atoms. The molecular weight excluding hydrogens is 304 g/mol. The minimum atomic E-state index is 0.168. The molecule has 0 radical (unpaired) electrons. The zero-order valence-corrected chi connectivity index (χ0v) is 15.7. The van der Waals surface area contributed by atoms with Crippen LogP contribution in [0.25, 0.3) is 0 Å². The van der Waals surface area contributed by atoms with Crippen LogP contribution in [-0.4, -0.2) is 37.6 Å². The molecule has 2 heteroatoms. The first-order valence-electron chi connectivity index (χ1n) is 9.67. The third-order valence-electron chi connectivity index (χ3n) is 5.74. The van der Waals surface area contributed by atoms with Crippen LogP contribution in [0, 0.1) is 0 Å². The predicted molar refractivity (Wildman–Crippen MR) is 107 cm³/mol. The van der Waals surface area contributed by atoms with E-state index in [2.05, 4.69) is 84.9 Å². The van der Waals surface area contributed by atoms with E-state index in [1.165, 1.54) is 37.1 Å². The Kier molecular flexibility index (Phi) is 6.28. The molecule has 1 atom stereocenters. The van der Waals surface area contributed by atoms with Gasteiger partial charge in [-0.05, 0) is 68.9 Å². The van der Waals surface area contributed by atoms with Crippen LogP contribution in [0.3, 0.4) is 0 Å². The smallest absolute Gasteiger partial charge is 0.00914 e. The second-order valence-electron chi connectivity index (χ2n) is 7.87. The van der Waals surface area contributed by atoms with Crippen molar-refractivity contribution < 1.29 is 0 Å². The summed E-state index contributed by atoms with van der Waals surface area (Å²) in [4.78, 5) is 2.43. The molecule has 0 bridgehead atoms. The van der Waals surface area contributed by atoms with Gasteiger partial charge in [0.2, 0.25) is 0 Å². The first-order chi connectivity index (χ1) is 12.2. The summed E-state index contributed by atoms with van der Waals surface area (Å²) in [5.41, 5.74) is 3.04. The average molecular weight is 337 g/mol. The molecule has 0 saturated carbocycles. The van der Waals surface area contributed by atoms with Crippen molar-refractivity contribution in [2.45, 2.75) is 44.1 Å². The monoisotopic (exact) mass is 336 g/mol. The van der Waals surface area contributed by atoms with Crippen molar-refractivity contribution in [2.24, 2.45) is 0 Å². The Labute approximate surface area is 153 Å². The molecule has 1 saturated heterocycles. The molecular formula is C23H32N2. The molecule has 1 heterocycles. The predicted octanol–water partition coefficient (Wildman–Crippen LogP) is 4.26. The van der Waals surface area contributed by atoms with Crippen molar-refractivity contribution >= 4 is 0 Å². The van der Waals surface area contributed by atoms with E-state index in [9.17, 15) is 0 Å². The fraction of sp³-hybridized carbons (Fsp3) is 0.478. The third-order valence-corrected chi connectivity index (χ3v) is 5.74. The van der Waals surface area contributed by atoms with Gasteiger partial charge in [0.25, 0.3) is 0 Å². The molecule has 1 fully saturated rings. The highest BCUT2D eigenvalue weighted by molar-refractivity contribution is 5.28. The Morgan fingerprint density at radius 2 is 1.56 bits per heavy atom. The Morgan fingerprint density at radius 3 is 2.20 bits per heavy atom. The van der Waals surface area contributed by atoms with Crippen LogP contribution in [0.5, 0.6) is 0 Å². The van der Waals surface area contributed by atoms with Gasteiger partial charge < -0.3 is 10.2 Å². The van der Waals surface area contributed by atoms with Crippen molar-refractivity contribution in [3.8, 4) is 0 Å². The van der Waals surface area contributed by atoms with Crippen molar-refractivity contribution in [3.05, 3.63) is 71.8 Å². The lowest BCUT2D eigenvalue weighted by molar-refractivity contribution is 0.231. The van der Waals surface area contributed by atoms with E-state index in [0.29, 0.717) is 6.04 Å². The van der Waals surface area contributed by atoms with Gasteiger partial charge in [-0.2, -0.15) is 0 Å². The lowest BCUT2D eigenvalue weighted by Gasteiger charge is -2.33. The summed E-state index contributed by atoms with van der Waals surface area (Å²) < 4.78 is 0. The van der Waals surface area contributed by atoms with Crippen LogP contribution >= 0.6 is 0 Å². The second kappa shape index (κ2) is 8.64. The molecule has 3 rings (SSSR count). The maximum absolute atomic E-state index is 3.83. The Bertz CT molecular complexity index is 617. The second-order valence-corrected chi connectivity index (χ2v) is 7.87. The van der Waals surface area contributed by atoms with Gasteiger partial charge in [-0.15, -0.1) is 0 Å². The van der Waals surface area contributed by atoms with Crippen LogP contribution in [0.2, 0.25) is 0 Å². The largest absolute Gasteiger partial charge is 0.314 e. The third kappa shape index (κ3) is 5.17. The van der Waals surface area contributed by atoms with Gasteiger partial charge in [-0.3, -0.25) is 0 Å². The highest BCUT2D eigenvalue weighted by Crippen LogP contribution is 2.31. The summed E-state index contributed by atoms with van der Waals surface area (Å²) in [6, 6.07) is 22.6. The first kappa shape index (κ1) is 18.2. The molecule has 2 nitrogen and oxygen atoms in total. The van der Waals surface area contributed by atoms with E-state index >= 15 is 0 Å². The topological polar surface area (TPSA) is 15.3 Å².